The Morgan fingerprint density at radius 2 is 1.70 bits per heavy atom. The molecule has 106 valence electrons. The van der Waals surface area contributed by atoms with E-state index in [4.69, 9.17) is 27.9 Å². The quantitative estimate of drug-likeness (QED) is 0.840. The lowest BCUT2D eigenvalue weighted by Gasteiger charge is -2.12. The predicted molar refractivity (Wildman–Crippen MR) is 81.2 cm³/mol. The summed E-state index contributed by atoms with van der Waals surface area (Å²) < 4.78 is 31.0. The summed E-state index contributed by atoms with van der Waals surface area (Å²) in [4.78, 5) is 0. The summed E-state index contributed by atoms with van der Waals surface area (Å²) in [5.41, 5.74) is 0.322. The minimum atomic E-state index is -3.58. The fraction of sp³-hybridized carbons (Fsp3) is 0.0769. The van der Waals surface area contributed by atoms with Crippen LogP contribution in [0.15, 0.2) is 48.5 Å². The first kappa shape index (κ1) is 15.0. The van der Waals surface area contributed by atoms with Crippen LogP contribution < -0.4 is 9.46 Å². The van der Waals surface area contributed by atoms with E-state index in [0.717, 1.165) is 0 Å². The van der Waals surface area contributed by atoms with Crippen LogP contribution in [0.3, 0.4) is 0 Å². The molecule has 0 spiro atoms. The second kappa shape index (κ2) is 6.35. The number of anilines is 1. The molecule has 2 aromatic rings. The van der Waals surface area contributed by atoms with Crippen molar-refractivity contribution in [2.24, 2.45) is 0 Å². The molecule has 2 rings (SSSR count). The van der Waals surface area contributed by atoms with Crippen LogP contribution in [0.1, 0.15) is 0 Å². The molecule has 0 unspecified atom stereocenters. The summed E-state index contributed by atoms with van der Waals surface area (Å²) in [5, 5.41) is 0.0657. The summed E-state index contributed by atoms with van der Waals surface area (Å²) in [6.07, 6.45) is 0. The van der Waals surface area contributed by atoms with Crippen LogP contribution in [0.25, 0.3) is 0 Å². The Kier molecular flexibility index (Phi) is 4.75. The molecule has 1 N–H and O–H groups in total. The minimum Gasteiger partial charge on any atom is -0.455 e. The van der Waals surface area contributed by atoms with Gasteiger partial charge in [-0.25, -0.2) is 8.42 Å². The maximum atomic E-state index is 11.5. The number of ether oxygens (including phenoxy) is 1. The van der Waals surface area contributed by atoms with Crippen LogP contribution in [0.2, 0.25) is 5.02 Å². The van der Waals surface area contributed by atoms with Crippen molar-refractivity contribution in [2.75, 3.05) is 9.93 Å². The lowest BCUT2D eigenvalue weighted by molar-refractivity contribution is 0.485. The second-order valence-electron chi connectivity index (χ2n) is 3.88. The van der Waals surface area contributed by atoms with Gasteiger partial charge < -0.3 is 4.74 Å². The topological polar surface area (TPSA) is 55.4 Å². The molecule has 7 heteroatoms. The maximum Gasteiger partial charge on any atom is 0.246 e. The van der Waals surface area contributed by atoms with Crippen molar-refractivity contribution in [3.05, 3.63) is 53.6 Å². The molecule has 0 radical (unpaired) electrons. The van der Waals surface area contributed by atoms with E-state index in [1.165, 1.54) is 0 Å². The minimum absolute atomic E-state index is 0.322. The van der Waals surface area contributed by atoms with Crippen molar-refractivity contribution in [2.45, 2.75) is 0 Å². The highest BCUT2D eigenvalue weighted by molar-refractivity contribution is 7.93. The van der Waals surface area contributed by atoms with Crippen LogP contribution in [-0.2, 0) is 10.0 Å². The SMILES string of the molecule is O=S(=O)(CCl)Nc1ccccc1Oc1ccc(Cl)cc1. The molecular formula is C13H11Cl2NO3S. The zero-order valence-corrected chi connectivity index (χ0v) is 12.5. The van der Waals surface area contributed by atoms with Gasteiger partial charge in [0.15, 0.2) is 5.75 Å². The van der Waals surface area contributed by atoms with E-state index in [1.54, 1.807) is 48.5 Å². The summed E-state index contributed by atoms with van der Waals surface area (Å²) in [6.45, 7) is 0. The Morgan fingerprint density at radius 1 is 1.05 bits per heavy atom. The van der Waals surface area contributed by atoms with E-state index in [9.17, 15) is 8.42 Å². The number of sulfonamides is 1. The molecule has 0 fully saturated rings. The van der Waals surface area contributed by atoms with Gasteiger partial charge in [-0.1, -0.05) is 23.7 Å². The Bertz CT molecular complexity index is 687. The van der Waals surface area contributed by atoms with Crippen LogP contribution in [0.5, 0.6) is 11.5 Å². The van der Waals surface area contributed by atoms with E-state index in [-0.39, 0.29) is 0 Å². The standard InChI is InChI=1S/C13H11Cl2NO3S/c14-9-20(17,18)16-12-3-1-2-4-13(12)19-11-7-5-10(15)6-8-11/h1-8,16H,9H2. The number of para-hydroxylation sites is 2. The molecule has 0 aliphatic heterocycles. The Morgan fingerprint density at radius 3 is 2.35 bits per heavy atom. The normalized spacial score (nSPS) is 11.1. The molecule has 0 amide bonds. The fourth-order valence-electron chi connectivity index (χ4n) is 1.46. The zero-order valence-electron chi connectivity index (χ0n) is 10.2. The van der Waals surface area contributed by atoms with Gasteiger partial charge in [0.25, 0.3) is 0 Å². The highest BCUT2D eigenvalue weighted by Crippen LogP contribution is 2.30. The van der Waals surface area contributed by atoms with Gasteiger partial charge in [-0.3, -0.25) is 4.72 Å². The van der Waals surface area contributed by atoms with Gasteiger partial charge in [-0.05, 0) is 36.4 Å². The fourth-order valence-corrected chi connectivity index (χ4v) is 2.31. The first-order valence-electron chi connectivity index (χ1n) is 5.59. The summed E-state index contributed by atoms with van der Waals surface area (Å²) in [6, 6.07) is 13.4. The molecule has 20 heavy (non-hydrogen) atoms. The lowest BCUT2D eigenvalue weighted by atomic mass is 10.3. The molecule has 0 bridgehead atoms. The van der Waals surface area contributed by atoms with Gasteiger partial charge in [0.05, 0.1) is 5.69 Å². The Hall–Kier alpha value is -1.43. The zero-order chi connectivity index (χ0) is 14.6. The summed E-state index contributed by atoms with van der Waals surface area (Å²) in [7, 11) is -3.58. The lowest BCUT2D eigenvalue weighted by Crippen LogP contribution is -2.13. The number of hydrogen-bond acceptors (Lipinski definition) is 3. The predicted octanol–water partition coefficient (Wildman–Crippen LogP) is 4.07. The number of halogens is 2. The summed E-state index contributed by atoms with van der Waals surface area (Å²) in [5.74, 6) is 0.926. The highest BCUT2D eigenvalue weighted by atomic mass is 35.5. The second-order valence-corrected chi connectivity index (χ2v) is 6.62. The van der Waals surface area contributed by atoms with Crippen LogP contribution >= 0.6 is 23.2 Å². The number of nitrogens with one attached hydrogen (secondary N) is 1. The van der Waals surface area contributed by atoms with Gasteiger partial charge in [-0.15, -0.1) is 11.6 Å². The van der Waals surface area contributed by atoms with Crippen molar-refractivity contribution < 1.29 is 13.2 Å². The molecule has 0 heterocycles. The number of rotatable bonds is 5. The smallest absolute Gasteiger partial charge is 0.246 e. The van der Waals surface area contributed by atoms with Gasteiger partial charge in [0.2, 0.25) is 10.0 Å². The Labute approximate surface area is 127 Å². The van der Waals surface area contributed by atoms with Crippen molar-refractivity contribution in [3.8, 4) is 11.5 Å². The Balaban J connectivity index is 2.26. The van der Waals surface area contributed by atoms with Gasteiger partial charge in [0, 0.05) is 5.02 Å². The maximum absolute atomic E-state index is 11.5. The van der Waals surface area contributed by atoms with E-state index < -0.39 is 15.2 Å². The van der Waals surface area contributed by atoms with Crippen LogP contribution in [-0.4, -0.2) is 13.6 Å². The van der Waals surface area contributed by atoms with Crippen LogP contribution in [0, 0.1) is 0 Å². The van der Waals surface area contributed by atoms with E-state index in [2.05, 4.69) is 4.72 Å². The highest BCUT2D eigenvalue weighted by Gasteiger charge is 2.12. The number of alkyl halides is 1. The monoisotopic (exact) mass is 331 g/mol. The first-order chi connectivity index (χ1) is 9.50. The molecule has 0 aliphatic rings. The van der Waals surface area contributed by atoms with Gasteiger partial charge in [-0.2, -0.15) is 0 Å². The van der Waals surface area contributed by atoms with Gasteiger partial charge in [0.1, 0.15) is 11.0 Å². The van der Waals surface area contributed by atoms with E-state index in [1.807, 2.05) is 0 Å². The van der Waals surface area contributed by atoms with Crippen LogP contribution in [0.4, 0.5) is 5.69 Å². The number of hydrogen-bond donors (Lipinski definition) is 1. The average Bonchev–Trinajstić information content (AvgIpc) is 2.43. The molecule has 0 saturated carbocycles. The molecule has 2 aromatic carbocycles. The number of benzene rings is 2. The molecule has 0 atom stereocenters. The molecule has 0 aromatic heterocycles. The van der Waals surface area contributed by atoms with Crippen molar-refractivity contribution in [3.63, 3.8) is 0 Å². The third-order valence-corrected chi connectivity index (χ3v) is 4.27. The summed E-state index contributed by atoms with van der Waals surface area (Å²) >= 11 is 11.2. The van der Waals surface area contributed by atoms with Crippen molar-refractivity contribution >= 4 is 38.9 Å². The molecule has 0 aliphatic carbocycles. The van der Waals surface area contributed by atoms with Gasteiger partial charge >= 0.3 is 0 Å². The third-order valence-electron chi connectivity index (χ3n) is 2.34. The largest absolute Gasteiger partial charge is 0.455 e. The molecule has 0 saturated heterocycles. The van der Waals surface area contributed by atoms with E-state index >= 15 is 0 Å². The third kappa shape index (κ3) is 4.03. The van der Waals surface area contributed by atoms with Crippen molar-refractivity contribution in [1.82, 2.24) is 0 Å². The first-order valence-corrected chi connectivity index (χ1v) is 8.15. The molecule has 4 nitrogen and oxygen atoms in total. The van der Waals surface area contributed by atoms with Crippen molar-refractivity contribution in [1.29, 1.82) is 0 Å². The average molecular weight is 332 g/mol. The molecular weight excluding hydrogens is 321 g/mol. The van der Waals surface area contributed by atoms with E-state index in [0.29, 0.717) is 22.2 Å².